The minimum absolute atomic E-state index is 0.0741. The molecule has 0 bridgehead atoms. The maximum Gasteiger partial charge on any atom is 0.274 e. The van der Waals surface area contributed by atoms with E-state index in [1.165, 1.54) is 25.6 Å². The predicted molar refractivity (Wildman–Crippen MR) is 118 cm³/mol. The number of amides is 2. The van der Waals surface area contributed by atoms with Crippen molar-refractivity contribution in [2.24, 2.45) is 5.10 Å². The van der Waals surface area contributed by atoms with Gasteiger partial charge in [-0.3, -0.25) is 9.59 Å². The molecule has 1 aromatic heterocycles. The first-order valence-corrected chi connectivity index (χ1v) is 9.55. The largest absolute Gasteiger partial charge is 0.493 e. The van der Waals surface area contributed by atoms with Crippen LogP contribution in [0.4, 0.5) is 5.69 Å². The summed E-state index contributed by atoms with van der Waals surface area (Å²) in [5, 5.41) is 6.75. The summed E-state index contributed by atoms with van der Waals surface area (Å²) in [5.74, 6) is -0.120. The zero-order valence-corrected chi connectivity index (χ0v) is 17.3. The highest BCUT2D eigenvalue weighted by molar-refractivity contribution is 6.32. The molecule has 0 fully saturated rings. The number of anilines is 1. The van der Waals surface area contributed by atoms with E-state index in [4.69, 9.17) is 21.1 Å². The first-order chi connectivity index (χ1) is 15.1. The molecular weight excluding hydrogens is 420 g/mol. The van der Waals surface area contributed by atoms with Gasteiger partial charge in [0.1, 0.15) is 5.15 Å². The summed E-state index contributed by atoms with van der Waals surface area (Å²) in [6.45, 7) is -0.242. The number of aromatic nitrogens is 1. The van der Waals surface area contributed by atoms with Crippen LogP contribution in [0, 0.1) is 0 Å². The number of nitrogens with zero attached hydrogens (tertiary/aromatic N) is 2. The first-order valence-electron chi connectivity index (χ1n) is 9.17. The van der Waals surface area contributed by atoms with Crippen LogP contribution in [0.5, 0.6) is 11.5 Å². The Hall–Kier alpha value is -3.91. The Morgan fingerprint density at radius 2 is 1.90 bits per heavy atom. The summed E-state index contributed by atoms with van der Waals surface area (Å²) >= 11 is 5.91. The number of methoxy groups -OCH3 is 1. The standard InChI is InChI=1S/C22H19ClN4O4/c1-30-18-11-5-7-15(13-25-27-22(29)17-10-6-12-24-21(17)23)20(18)31-14-19(28)26-16-8-3-2-4-9-16/h2-13H,14H2,1H3,(H,26,28)(H,27,29). The van der Waals surface area contributed by atoms with Crippen LogP contribution in [-0.4, -0.2) is 36.7 Å². The number of hydrazone groups is 1. The third-order valence-corrected chi connectivity index (χ3v) is 4.31. The molecule has 3 aromatic rings. The molecule has 2 N–H and O–H groups in total. The van der Waals surface area contributed by atoms with Crippen molar-refractivity contribution < 1.29 is 19.1 Å². The Kier molecular flexibility index (Phi) is 7.56. The number of pyridine rings is 1. The minimum atomic E-state index is -0.512. The van der Waals surface area contributed by atoms with Gasteiger partial charge in [-0.15, -0.1) is 0 Å². The lowest BCUT2D eigenvalue weighted by Gasteiger charge is -2.13. The highest BCUT2D eigenvalue weighted by atomic mass is 35.5. The zero-order chi connectivity index (χ0) is 22.1. The van der Waals surface area contributed by atoms with Gasteiger partial charge in [0.25, 0.3) is 11.8 Å². The van der Waals surface area contributed by atoms with Crippen LogP contribution in [0.15, 0.2) is 72.0 Å². The Labute approximate surface area is 183 Å². The van der Waals surface area contributed by atoms with E-state index in [2.05, 4.69) is 20.8 Å². The van der Waals surface area contributed by atoms with Crippen LogP contribution in [0.25, 0.3) is 0 Å². The van der Waals surface area contributed by atoms with Crippen molar-refractivity contribution in [2.45, 2.75) is 0 Å². The third-order valence-electron chi connectivity index (χ3n) is 4.01. The second-order valence-corrected chi connectivity index (χ2v) is 6.48. The van der Waals surface area contributed by atoms with Gasteiger partial charge in [-0.05, 0) is 36.4 Å². The smallest absolute Gasteiger partial charge is 0.274 e. The lowest BCUT2D eigenvalue weighted by molar-refractivity contribution is -0.118. The molecule has 31 heavy (non-hydrogen) atoms. The third kappa shape index (κ3) is 6.03. The Morgan fingerprint density at radius 1 is 1.10 bits per heavy atom. The minimum Gasteiger partial charge on any atom is -0.493 e. The van der Waals surface area contributed by atoms with Crippen LogP contribution in [-0.2, 0) is 4.79 Å². The lowest BCUT2D eigenvalue weighted by Crippen LogP contribution is -2.21. The molecule has 158 valence electrons. The lowest BCUT2D eigenvalue weighted by atomic mass is 10.2. The van der Waals surface area contributed by atoms with E-state index in [9.17, 15) is 9.59 Å². The number of carbonyl (C=O) groups is 2. The Morgan fingerprint density at radius 3 is 2.65 bits per heavy atom. The molecule has 8 nitrogen and oxygen atoms in total. The molecule has 0 radical (unpaired) electrons. The average molecular weight is 439 g/mol. The van der Waals surface area contributed by atoms with Gasteiger partial charge >= 0.3 is 0 Å². The van der Waals surface area contributed by atoms with E-state index in [1.54, 1.807) is 36.4 Å². The van der Waals surface area contributed by atoms with Crippen molar-refractivity contribution in [2.75, 3.05) is 19.0 Å². The molecule has 0 saturated heterocycles. The topological polar surface area (TPSA) is 102 Å². The van der Waals surface area contributed by atoms with E-state index in [0.29, 0.717) is 22.7 Å². The predicted octanol–water partition coefficient (Wildman–Crippen LogP) is 3.53. The number of halogens is 1. The van der Waals surface area contributed by atoms with Crippen LogP contribution in [0.3, 0.4) is 0 Å². The Balaban J connectivity index is 1.68. The SMILES string of the molecule is COc1cccc(C=NNC(=O)c2cccnc2Cl)c1OCC(=O)Nc1ccccc1. The van der Waals surface area contributed by atoms with Crippen molar-refractivity contribution in [1.29, 1.82) is 0 Å². The molecule has 2 aromatic carbocycles. The van der Waals surface area contributed by atoms with Crippen molar-refractivity contribution >= 4 is 35.3 Å². The highest BCUT2D eigenvalue weighted by Gasteiger charge is 2.13. The molecule has 3 rings (SSSR count). The average Bonchev–Trinajstić information content (AvgIpc) is 2.78. The second kappa shape index (κ2) is 10.7. The molecule has 2 amide bonds. The maximum absolute atomic E-state index is 12.2. The summed E-state index contributed by atoms with van der Waals surface area (Å²) in [5.41, 5.74) is 3.74. The molecule has 0 aliphatic rings. The van der Waals surface area contributed by atoms with E-state index < -0.39 is 5.91 Å². The number of rotatable bonds is 8. The first kappa shape index (κ1) is 21.8. The van der Waals surface area contributed by atoms with Crippen molar-refractivity contribution in [3.63, 3.8) is 0 Å². The van der Waals surface area contributed by atoms with Crippen molar-refractivity contribution in [1.82, 2.24) is 10.4 Å². The molecular formula is C22H19ClN4O4. The van der Waals surface area contributed by atoms with Gasteiger partial charge in [-0.25, -0.2) is 10.4 Å². The fraction of sp³-hybridized carbons (Fsp3) is 0.0909. The van der Waals surface area contributed by atoms with Crippen LogP contribution < -0.4 is 20.2 Å². The summed E-state index contributed by atoms with van der Waals surface area (Å²) in [7, 11) is 1.49. The zero-order valence-electron chi connectivity index (χ0n) is 16.5. The molecule has 0 spiro atoms. The monoisotopic (exact) mass is 438 g/mol. The number of carbonyl (C=O) groups excluding carboxylic acids is 2. The van der Waals surface area contributed by atoms with E-state index in [0.717, 1.165) is 0 Å². The van der Waals surface area contributed by atoms with Gasteiger partial charge in [0.2, 0.25) is 0 Å². The molecule has 1 heterocycles. The van der Waals surface area contributed by atoms with E-state index in [-0.39, 0.29) is 23.2 Å². The number of benzene rings is 2. The summed E-state index contributed by atoms with van der Waals surface area (Å²) in [6.07, 6.45) is 2.87. The Bertz CT molecular complexity index is 1090. The summed E-state index contributed by atoms with van der Waals surface area (Å²) in [4.78, 5) is 28.2. The van der Waals surface area contributed by atoms with Gasteiger partial charge in [0.15, 0.2) is 18.1 Å². The maximum atomic E-state index is 12.2. The fourth-order valence-electron chi connectivity index (χ4n) is 2.58. The highest BCUT2D eigenvalue weighted by Crippen LogP contribution is 2.30. The number of ether oxygens (including phenoxy) is 2. The fourth-order valence-corrected chi connectivity index (χ4v) is 2.79. The number of hydrogen-bond acceptors (Lipinski definition) is 6. The number of hydrogen-bond donors (Lipinski definition) is 2. The molecule has 9 heteroatoms. The normalized spacial score (nSPS) is 10.5. The van der Waals surface area contributed by atoms with Crippen LogP contribution in [0.2, 0.25) is 5.15 Å². The van der Waals surface area contributed by atoms with Gasteiger partial charge in [-0.2, -0.15) is 5.10 Å². The van der Waals surface area contributed by atoms with Gasteiger partial charge in [-0.1, -0.05) is 35.9 Å². The van der Waals surface area contributed by atoms with Gasteiger partial charge in [0, 0.05) is 17.4 Å². The van der Waals surface area contributed by atoms with Crippen molar-refractivity contribution in [3.05, 3.63) is 83.1 Å². The molecule has 0 aliphatic heterocycles. The van der Waals surface area contributed by atoms with Crippen LogP contribution >= 0.6 is 11.6 Å². The number of nitrogens with one attached hydrogen (secondary N) is 2. The molecule has 0 atom stereocenters. The quantitative estimate of drug-likeness (QED) is 0.318. The van der Waals surface area contributed by atoms with E-state index in [1.807, 2.05) is 18.2 Å². The molecule has 0 aliphatic carbocycles. The second-order valence-electron chi connectivity index (χ2n) is 6.12. The summed E-state index contributed by atoms with van der Waals surface area (Å²) in [6, 6.07) is 17.3. The molecule has 0 saturated carbocycles. The number of para-hydroxylation sites is 2. The summed E-state index contributed by atoms with van der Waals surface area (Å²) < 4.78 is 11.0. The van der Waals surface area contributed by atoms with Gasteiger partial charge in [0.05, 0.1) is 18.9 Å². The van der Waals surface area contributed by atoms with Crippen LogP contribution in [0.1, 0.15) is 15.9 Å². The van der Waals surface area contributed by atoms with E-state index >= 15 is 0 Å². The van der Waals surface area contributed by atoms with Crippen molar-refractivity contribution in [3.8, 4) is 11.5 Å². The molecule has 0 unspecified atom stereocenters. The van der Waals surface area contributed by atoms with Gasteiger partial charge < -0.3 is 14.8 Å².